The molecule has 9 heteroatoms. The maximum Gasteiger partial charge on any atom is 0.266 e. The third-order valence-electron chi connectivity index (χ3n) is 5.86. The van der Waals surface area contributed by atoms with Crippen LogP contribution in [0.1, 0.15) is 17.0 Å². The minimum Gasteiger partial charge on any atom is -0.497 e. The number of nitrogens with zero attached hydrogens (tertiary/aromatic N) is 3. The third kappa shape index (κ3) is 4.52. The monoisotopic (exact) mass is 493 g/mol. The lowest BCUT2D eigenvalue weighted by Crippen LogP contribution is -2.32. The first-order chi connectivity index (χ1) is 16.7. The van der Waals surface area contributed by atoms with E-state index in [0.29, 0.717) is 28.2 Å². The van der Waals surface area contributed by atoms with Crippen LogP contribution in [-0.2, 0) is 16.6 Å². The van der Waals surface area contributed by atoms with Crippen LogP contribution in [0.5, 0.6) is 11.5 Å². The van der Waals surface area contributed by atoms with Crippen molar-refractivity contribution in [2.75, 3.05) is 21.3 Å². The minimum absolute atomic E-state index is 0.0388. The Morgan fingerprint density at radius 1 is 0.971 bits per heavy atom. The van der Waals surface area contributed by atoms with Crippen molar-refractivity contribution >= 4 is 20.9 Å². The number of ether oxygens (including phenoxy) is 2. The van der Waals surface area contributed by atoms with Gasteiger partial charge >= 0.3 is 0 Å². The van der Waals surface area contributed by atoms with E-state index in [-0.39, 0.29) is 22.7 Å². The van der Waals surface area contributed by atoms with Gasteiger partial charge in [-0.25, -0.2) is 13.4 Å². The summed E-state index contributed by atoms with van der Waals surface area (Å²) in [5.41, 5.74) is 2.82. The van der Waals surface area contributed by atoms with Crippen molar-refractivity contribution in [3.8, 4) is 17.2 Å². The number of aromatic nitrogens is 2. The smallest absolute Gasteiger partial charge is 0.266 e. The van der Waals surface area contributed by atoms with E-state index in [4.69, 9.17) is 14.5 Å². The molecule has 0 unspecified atom stereocenters. The molecule has 182 valence electrons. The highest BCUT2D eigenvalue weighted by Gasteiger charge is 2.28. The lowest BCUT2D eigenvalue weighted by atomic mass is 10.1. The summed E-state index contributed by atoms with van der Waals surface area (Å²) in [4.78, 5) is 18.3. The highest BCUT2D eigenvalue weighted by molar-refractivity contribution is 7.89. The van der Waals surface area contributed by atoms with Gasteiger partial charge in [-0.2, -0.15) is 4.31 Å². The van der Waals surface area contributed by atoms with Crippen LogP contribution in [0.4, 0.5) is 0 Å². The Balaban J connectivity index is 1.88. The quantitative estimate of drug-likeness (QED) is 0.389. The van der Waals surface area contributed by atoms with Gasteiger partial charge in [0.2, 0.25) is 10.0 Å². The van der Waals surface area contributed by atoms with Gasteiger partial charge in [-0.05, 0) is 49.7 Å². The average molecular weight is 494 g/mol. The molecule has 0 saturated carbocycles. The summed E-state index contributed by atoms with van der Waals surface area (Å²) in [5.74, 6) is 0.873. The molecule has 0 saturated heterocycles. The van der Waals surface area contributed by atoms with Crippen molar-refractivity contribution in [3.63, 3.8) is 0 Å². The molecular weight excluding hydrogens is 466 g/mol. The number of hydrogen-bond acceptors (Lipinski definition) is 6. The van der Waals surface area contributed by atoms with Gasteiger partial charge in [0, 0.05) is 13.1 Å². The number of rotatable bonds is 7. The molecule has 1 heterocycles. The van der Waals surface area contributed by atoms with Crippen LogP contribution in [0.2, 0.25) is 0 Å². The maximum atomic E-state index is 13.6. The Kier molecular flexibility index (Phi) is 6.64. The van der Waals surface area contributed by atoms with Gasteiger partial charge < -0.3 is 9.47 Å². The summed E-state index contributed by atoms with van der Waals surface area (Å²) >= 11 is 0. The molecule has 0 aliphatic heterocycles. The molecule has 0 bridgehead atoms. The van der Waals surface area contributed by atoms with Crippen LogP contribution in [0.25, 0.3) is 16.6 Å². The Morgan fingerprint density at radius 2 is 1.71 bits per heavy atom. The first-order valence-electron chi connectivity index (χ1n) is 10.9. The molecule has 1 aromatic heterocycles. The fourth-order valence-electron chi connectivity index (χ4n) is 4.03. The van der Waals surface area contributed by atoms with Crippen LogP contribution in [0.15, 0.2) is 70.4 Å². The number of benzene rings is 3. The highest BCUT2D eigenvalue weighted by atomic mass is 32.2. The van der Waals surface area contributed by atoms with Gasteiger partial charge in [0.25, 0.3) is 5.56 Å². The van der Waals surface area contributed by atoms with E-state index in [2.05, 4.69) is 0 Å². The van der Waals surface area contributed by atoms with Crippen molar-refractivity contribution in [1.29, 1.82) is 0 Å². The maximum absolute atomic E-state index is 13.6. The number of aryl methyl sites for hydroxylation is 2. The van der Waals surface area contributed by atoms with Crippen molar-refractivity contribution in [1.82, 2.24) is 13.9 Å². The minimum atomic E-state index is -4.02. The van der Waals surface area contributed by atoms with Gasteiger partial charge in [0.1, 0.15) is 22.2 Å². The van der Waals surface area contributed by atoms with Crippen molar-refractivity contribution in [3.05, 3.63) is 88.0 Å². The number of methoxy groups -OCH3 is 2. The molecule has 0 spiro atoms. The van der Waals surface area contributed by atoms with E-state index in [1.54, 1.807) is 36.4 Å². The second-order valence-electron chi connectivity index (χ2n) is 8.25. The summed E-state index contributed by atoms with van der Waals surface area (Å²) in [7, 11) is 0.293. The normalized spacial score (nSPS) is 11.7. The average Bonchev–Trinajstić information content (AvgIpc) is 2.84. The largest absolute Gasteiger partial charge is 0.497 e. The molecule has 0 atom stereocenters. The van der Waals surface area contributed by atoms with Gasteiger partial charge in [0.15, 0.2) is 0 Å². The Hall–Kier alpha value is -3.69. The van der Waals surface area contributed by atoms with E-state index >= 15 is 0 Å². The molecule has 0 amide bonds. The topological polar surface area (TPSA) is 90.7 Å². The van der Waals surface area contributed by atoms with E-state index < -0.39 is 10.0 Å². The molecule has 8 nitrogen and oxygen atoms in total. The van der Waals surface area contributed by atoms with Crippen molar-refractivity contribution < 1.29 is 17.9 Å². The zero-order valence-corrected chi connectivity index (χ0v) is 21.1. The lowest BCUT2D eigenvalue weighted by Gasteiger charge is -2.22. The van der Waals surface area contributed by atoms with Crippen LogP contribution < -0.4 is 15.0 Å². The molecule has 0 radical (unpaired) electrons. The van der Waals surface area contributed by atoms with E-state index in [1.165, 1.54) is 31.9 Å². The van der Waals surface area contributed by atoms with Gasteiger partial charge in [-0.15, -0.1) is 0 Å². The molecule has 4 aromatic rings. The Morgan fingerprint density at radius 3 is 2.40 bits per heavy atom. The van der Waals surface area contributed by atoms with E-state index in [0.717, 1.165) is 15.4 Å². The second-order valence-corrected chi connectivity index (χ2v) is 10.3. The Labute approximate surface area is 204 Å². The zero-order chi connectivity index (χ0) is 25.3. The van der Waals surface area contributed by atoms with E-state index in [9.17, 15) is 13.2 Å². The number of sulfonamides is 1. The van der Waals surface area contributed by atoms with Crippen molar-refractivity contribution in [2.24, 2.45) is 0 Å². The predicted molar refractivity (Wildman–Crippen MR) is 135 cm³/mol. The molecule has 4 rings (SSSR count). The summed E-state index contributed by atoms with van der Waals surface area (Å²) in [6.07, 6.45) is 0. The zero-order valence-electron chi connectivity index (χ0n) is 20.3. The summed E-state index contributed by atoms with van der Waals surface area (Å²) in [6, 6.07) is 17.4. The van der Waals surface area contributed by atoms with E-state index in [1.807, 2.05) is 32.0 Å². The van der Waals surface area contributed by atoms with Crippen LogP contribution in [0, 0.1) is 13.8 Å². The summed E-state index contributed by atoms with van der Waals surface area (Å²) in [6.45, 7) is 3.74. The molecule has 0 N–H and O–H groups in total. The predicted octanol–water partition coefficient (Wildman–Crippen LogP) is 3.84. The number of hydrogen-bond donors (Lipinski definition) is 0. The van der Waals surface area contributed by atoms with Crippen LogP contribution in [-0.4, -0.2) is 43.5 Å². The SMILES string of the molecule is COc1ccc(OC)c(S(=O)(=O)N(C)Cc2nc3ccccc3c(=O)n2-c2ccc(C)cc2C)c1. The number of fused-ring (bicyclic) bond motifs is 1. The van der Waals surface area contributed by atoms with Gasteiger partial charge in [0.05, 0.1) is 37.4 Å². The molecule has 0 fully saturated rings. The standard InChI is InChI=1S/C26H27N3O5S/c1-17-10-12-22(18(2)14-17)29-25(27-21-9-7-6-8-20(21)26(29)30)16-28(3)35(31,32)24-15-19(33-4)11-13-23(24)34-5/h6-15H,16H2,1-5H3. The van der Waals surface area contributed by atoms with Gasteiger partial charge in [-0.1, -0.05) is 29.8 Å². The molecule has 0 aliphatic rings. The molecule has 35 heavy (non-hydrogen) atoms. The lowest BCUT2D eigenvalue weighted by molar-refractivity contribution is 0.387. The first kappa shape index (κ1) is 24.4. The van der Waals surface area contributed by atoms with Gasteiger partial charge in [-0.3, -0.25) is 9.36 Å². The second kappa shape index (κ2) is 9.52. The number of para-hydroxylation sites is 1. The third-order valence-corrected chi connectivity index (χ3v) is 7.69. The fraction of sp³-hybridized carbons (Fsp3) is 0.231. The first-order valence-corrected chi connectivity index (χ1v) is 12.4. The summed E-state index contributed by atoms with van der Waals surface area (Å²) in [5, 5.41) is 0.455. The summed E-state index contributed by atoms with van der Waals surface area (Å²) < 4.78 is 40.3. The molecule has 3 aromatic carbocycles. The Bertz CT molecular complexity index is 1580. The van der Waals surface area contributed by atoms with Crippen molar-refractivity contribution in [2.45, 2.75) is 25.3 Å². The highest BCUT2D eigenvalue weighted by Crippen LogP contribution is 2.31. The van der Waals surface area contributed by atoms with Crippen LogP contribution >= 0.6 is 0 Å². The molecular formula is C26H27N3O5S. The fourth-order valence-corrected chi connectivity index (χ4v) is 5.32. The van der Waals surface area contributed by atoms with Crippen LogP contribution in [0.3, 0.4) is 0 Å². The molecule has 0 aliphatic carbocycles.